The molecule has 0 aliphatic heterocycles. The van der Waals surface area contributed by atoms with Gasteiger partial charge in [-0.05, 0) is 12.2 Å². The van der Waals surface area contributed by atoms with Crippen molar-refractivity contribution < 1.29 is 9.53 Å². The zero-order chi connectivity index (χ0) is 11.7. The van der Waals surface area contributed by atoms with Crippen molar-refractivity contribution in [1.29, 1.82) is 0 Å². The zero-order valence-corrected chi connectivity index (χ0v) is 9.79. The molecule has 0 aliphatic carbocycles. The average Bonchev–Trinajstić information content (AvgIpc) is 2.86. The normalized spacial score (nSPS) is 10.3. The molecule has 0 radical (unpaired) electrons. The molecule has 0 bridgehead atoms. The number of methoxy groups -OCH3 is 1. The van der Waals surface area contributed by atoms with Gasteiger partial charge < -0.3 is 10.5 Å². The number of carbonyl (C=O) groups excluding carboxylic acids is 1. The molecule has 0 spiro atoms. The predicted octanol–water partition coefficient (Wildman–Crippen LogP) is 0.551. The Balaban J connectivity index is 2.61. The van der Waals surface area contributed by atoms with Gasteiger partial charge in [-0.1, -0.05) is 11.3 Å². The standard InChI is InChI=1S/C7H7N5O2S2/c1-14-6(13)4-5(8)12(7(15)16-4)11-2-9-10-3-11/h2-3H,8H2,1H3. The van der Waals surface area contributed by atoms with E-state index in [1.165, 1.54) is 29.1 Å². The van der Waals surface area contributed by atoms with Crippen molar-refractivity contribution >= 4 is 35.3 Å². The van der Waals surface area contributed by atoms with Crippen molar-refractivity contribution in [2.75, 3.05) is 12.8 Å². The zero-order valence-electron chi connectivity index (χ0n) is 8.15. The summed E-state index contributed by atoms with van der Waals surface area (Å²) in [5.41, 5.74) is 5.80. The van der Waals surface area contributed by atoms with E-state index in [-0.39, 0.29) is 10.7 Å². The number of ether oxygens (including phenoxy) is 1. The Hall–Kier alpha value is -1.74. The van der Waals surface area contributed by atoms with Crippen molar-refractivity contribution in [1.82, 2.24) is 19.5 Å². The van der Waals surface area contributed by atoms with Gasteiger partial charge in [-0.3, -0.25) is 0 Å². The minimum Gasteiger partial charge on any atom is -0.465 e. The van der Waals surface area contributed by atoms with Crippen molar-refractivity contribution in [2.24, 2.45) is 0 Å². The van der Waals surface area contributed by atoms with E-state index in [4.69, 9.17) is 18.0 Å². The summed E-state index contributed by atoms with van der Waals surface area (Å²) in [5.74, 6) is -0.304. The molecule has 0 aliphatic rings. The fourth-order valence-electron chi connectivity index (χ4n) is 1.13. The van der Waals surface area contributed by atoms with Gasteiger partial charge in [-0.2, -0.15) is 0 Å². The number of aromatic nitrogens is 4. The van der Waals surface area contributed by atoms with Gasteiger partial charge in [0.15, 0.2) is 14.6 Å². The number of anilines is 1. The molecule has 0 aromatic carbocycles. The maximum atomic E-state index is 11.4. The van der Waals surface area contributed by atoms with Crippen LogP contribution in [0.2, 0.25) is 0 Å². The fourth-order valence-corrected chi connectivity index (χ4v) is 2.39. The van der Waals surface area contributed by atoms with E-state index in [1.807, 2.05) is 0 Å². The molecular weight excluding hydrogens is 250 g/mol. The van der Waals surface area contributed by atoms with Crippen molar-refractivity contribution in [3.05, 3.63) is 21.5 Å². The molecular formula is C7H7N5O2S2. The number of hydrogen-bond acceptors (Lipinski definition) is 7. The second kappa shape index (κ2) is 4.02. The first kappa shape index (κ1) is 10.8. The van der Waals surface area contributed by atoms with Gasteiger partial charge in [0, 0.05) is 0 Å². The van der Waals surface area contributed by atoms with E-state index in [0.717, 1.165) is 11.3 Å². The summed E-state index contributed by atoms with van der Waals surface area (Å²) in [5, 5.41) is 7.27. The predicted molar refractivity (Wildman–Crippen MR) is 59.7 cm³/mol. The summed E-state index contributed by atoms with van der Waals surface area (Å²) in [6.07, 6.45) is 2.86. The van der Waals surface area contributed by atoms with Crippen LogP contribution in [0.15, 0.2) is 12.7 Å². The van der Waals surface area contributed by atoms with Crippen LogP contribution in [-0.4, -0.2) is 32.6 Å². The SMILES string of the molecule is COC(=O)c1sc(=S)n(-n2cnnc2)c1N. The number of thiazole rings is 1. The highest BCUT2D eigenvalue weighted by molar-refractivity contribution is 7.73. The molecule has 2 aromatic rings. The Kier molecular flexibility index (Phi) is 2.71. The Morgan fingerprint density at radius 3 is 2.75 bits per heavy atom. The van der Waals surface area contributed by atoms with Gasteiger partial charge in [0.2, 0.25) is 0 Å². The maximum absolute atomic E-state index is 11.4. The van der Waals surface area contributed by atoms with Gasteiger partial charge in [0.05, 0.1) is 7.11 Å². The van der Waals surface area contributed by atoms with Gasteiger partial charge >= 0.3 is 5.97 Å². The van der Waals surface area contributed by atoms with Crippen LogP contribution in [0, 0.1) is 3.95 Å². The van der Waals surface area contributed by atoms with E-state index in [0.29, 0.717) is 3.95 Å². The Morgan fingerprint density at radius 1 is 1.56 bits per heavy atom. The fraction of sp³-hybridized carbons (Fsp3) is 0.143. The lowest BCUT2D eigenvalue weighted by Crippen LogP contribution is -2.12. The number of rotatable bonds is 2. The topological polar surface area (TPSA) is 88.0 Å². The lowest BCUT2D eigenvalue weighted by molar-refractivity contribution is 0.0607. The summed E-state index contributed by atoms with van der Waals surface area (Å²) in [6.45, 7) is 0. The quantitative estimate of drug-likeness (QED) is 0.624. The highest BCUT2D eigenvalue weighted by atomic mass is 32.1. The molecule has 0 amide bonds. The highest BCUT2D eigenvalue weighted by Gasteiger charge is 2.18. The number of hydrogen-bond donors (Lipinski definition) is 1. The molecule has 0 atom stereocenters. The number of nitrogens with two attached hydrogens (primary N) is 1. The number of nitrogen functional groups attached to an aromatic ring is 1. The van der Waals surface area contributed by atoms with E-state index >= 15 is 0 Å². The second-order valence-electron chi connectivity index (χ2n) is 2.73. The van der Waals surface area contributed by atoms with Crippen molar-refractivity contribution in [3.63, 3.8) is 0 Å². The van der Waals surface area contributed by atoms with Gasteiger partial charge in [0.25, 0.3) is 0 Å². The van der Waals surface area contributed by atoms with Crippen molar-refractivity contribution in [3.8, 4) is 0 Å². The summed E-state index contributed by atoms with van der Waals surface area (Å²) < 4.78 is 7.95. The Bertz CT molecular complexity index is 570. The number of esters is 1. The van der Waals surface area contributed by atoms with Gasteiger partial charge in [0.1, 0.15) is 12.7 Å². The van der Waals surface area contributed by atoms with Crippen LogP contribution >= 0.6 is 23.6 Å². The molecule has 84 valence electrons. The van der Waals surface area contributed by atoms with E-state index in [9.17, 15) is 4.79 Å². The maximum Gasteiger partial charge on any atom is 0.351 e. The molecule has 2 heterocycles. The molecule has 0 fully saturated rings. The minimum absolute atomic E-state index is 0.210. The van der Waals surface area contributed by atoms with E-state index < -0.39 is 5.97 Å². The number of nitrogens with zero attached hydrogens (tertiary/aromatic N) is 4. The average molecular weight is 257 g/mol. The van der Waals surface area contributed by atoms with Crippen LogP contribution < -0.4 is 5.73 Å². The smallest absolute Gasteiger partial charge is 0.351 e. The Labute approximate surface area is 99.1 Å². The first-order valence-electron chi connectivity index (χ1n) is 4.10. The lowest BCUT2D eigenvalue weighted by atomic mass is 10.5. The molecule has 7 nitrogen and oxygen atoms in total. The molecule has 9 heteroatoms. The molecule has 0 saturated heterocycles. The molecule has 2 N–H and O–H groups in total. The molecule has 0 saturated carbocycles. The van der Waals surface area contributed by atoms with Gasteiger partial charge in [-0.25, -0.2) is 14.1 Å². The summed E-state index contributed by atoms with van der Waals surface area (Å²) in [4.78, 5) is 11.6. The minimum atomic E-state index is -0.513. The number of carbonyl (C=O) groups is 1. The van der Waals surface area contributed by atoms with Crippen LogP contribution in [0.1, 0.15) is 9.67 Å². The van der Waals surface area contributed by atoms with E-state index in [1.54, 1.807) is 0 Å². The van der Waals surface area contributed by atoms with Crippen LogP contribution in [0.25, 0.3) is 0 Å². The first-order valence-corrected chi connectivity index (χ1v) is 5.32. The molecule has 16 heavy (non-hydrogen) atoms. The lowest BCUT2D eigenvalue weighted by Gasteiger charge is -2.04. The highest BCUT2D eigenvalue weighted by Crippen LogP contribution is 2.22. The summed E-state index contributed by atoms with van der Waals surface area (Å²) >= 11 is 6.17. The molecule has 2 rings (SSSR count). The van der Waals surface area contributed by atoms with Crippen molar-refractivity contribution in [2.45, 2.75) is 0 Å². The third-order valence-corrected chi connectivity index (χ3v) is 3.18. The Morgan fingerprint density at radius 2 is 2.19 bits per heavy atom. The second-order valence-corrected chi connectivity index (χ2v) is 4.37. The largest absolute Gasteiger partial charge is 0.465 e. The monoisotopic (exact) mass is 257 g/mol. The molecule has 0 unspecified atom stereocenters. The van der Waals surface area contributed by atoms with E-state index in [2.05, 4.69) is 14.9 Å². The van der Waals surface area contributed by atoms with Crippen LogP contribution in [-0.2, 0) is 4.74 Å². The third-order valence-electron chi connectivity index (χ3n) is 1.83. The first-order chi connectivity index (χ1) is 7.65. The van der Waals surface area contributed by atoms with Crippen LogP contribution in [0.3, 0.4) is 0 Å². The van der Waals surface area contributed by atoms with Crippen LogP contribution in [0.5, 0.6) is 0 Å². The summed E-state index contributed by atoms with van der Waals surface area (Å²) in [7, 11) is 1.29. The summed E-state index contributed by atoms with van der Waals surface area (Å²) in [6, 6.07) is 0. The third kappa shape index (κ3) is 1.59. The van der Waals surface area contributed by atoms with Gasteiger partial charge in [-0.15, -0.1) is 10.2 Å². The van der Waals surface area contributed by atoms with Crippen LogP contribution in [0.4, 0.5) is 5.82 Å². The molecule has 2 aromatic heterocycles.